The minimum atomic E-state index is 0.110. The number of carbonyl (C=O) groups is 2. The lowest BCUT2D eigenvalue weighted by molar-refractivity contribution is -0.918. The molecular formula is C24H30N3O2S+. The summed E-state index contributed by atoms with van der Waals surface area (Å²) in [7, 11) is 0. The zero-order valence-corrected chi connectivity index (χ0v) is 18.1. The Morgan fingerprint density at radius 2 is 1.80 bits per heavy atom. The number of benzene rings is 2. The first-order chi connectivity index (χ1) is 14.7. The van der Waals surface area contributed by atoms with Crippen LogP contribution < -0.4 is 15.1 Å². The number of hydrogen-bond donors (Lipinski definition) is 2. The van der Waals surface area contributed by atoms with Gasteiger partial charge < -0.3 is 15.1 Å². The minimum absolute atomic E-state index is 0.110. The van der Waals surface area contributed by atoms with E-state index in [4.69, 9.17) is 0 Å². The monoisotopic (exact) mass is 424 g/mol. The number of likely N-dealkylation sites (tertiary alicyclic amines) is 1. The van der Waals surface area contributed by atoms with Gasteiger partial charge in [0.25, 0.3) is 0 Å². The maximum Gasteiger partial charge on any atom is 0.237 e. The Balaban J connectivity index is 1.18. The number of rotatable bonds is 7. The average molecular weight is 425 g/mol. The van der Waals surface area contributed by atoms with Gasteiger partial charge in [0.2, 0.25) is 11.8 Å². The van der Waals surface area contributed by atoms with Crippen molar-refractivity contribution in [2.24, 2.45) is 0 Å². The van der Waals surface area contributed by atoms with Gasteiger partial charge >= 0.3 is 0 Å². The van der Waals surface area contributed by atoms with Crippen molar-refractivity contribution >= 4 is 29.3 Å². The first kappa shape index (κ1) is 20.9. The van der Waals surface area contributed by atoms with Gasteiger partial charge in [-0.25, -0.2) is 0 Å². The second kappa shape index (κ2) is 10.1. The molecule has 2 amide bonds. The van der Waals surface area contributed by atoms with Gasteiger partial charge in [-0.3, -0.25) is 9.59 Å². The number of anilines is 1. The molecule has 1 fully saturated rings. The van der Waals surface area contributed by atoms with Crippen LogP contribution in [-0.2, 0) is 16.1 Å². The second-order valence-electron chi connectivity index (χ2n) is 8.16. The van der Waals surface area contributed by atoms with Crippen molar-refractivity contribution in [3.8, 4) is 0 Å². The van der Waals surface area contributed by atoms with Crippen molar-refractivity contribution in [2.75, 3.05) is 30.3 Å². The summed E-state index contributed by atoms with van der Waals surface area (Å²) in [6, 6.07) is 18.9. The van der Waals surface area contributed by atoms with Gasteiger partial charge in [-0.05, 0) is 18.6 Å². The smallest absolute Gasteiger partial charge is 0.237 e. The number of hydrogen-bond acceptors (Lipinski definition) is 3. The lowest BCUT2D eigenvalue weighted by Crippen LogP contribution is -3.12. The lowest BCUT2D eigenvalue weighted by Gasteiger charge is -2.30. The lowest BCUT2D eigenvalue weighted by atomic mass is 10.0. The SMILES string of the molecule is O=C(CCCN1C(=O)CSc2ccccc21)NC1CC[NH+](Cc2ccccc2)CC1. The summed E-state index contributed by atoms with van der Waals surface area (Å²) >= 11 is 1.59. The Labute approximate surface area is 182 Å². The van der Waals surface area contributed by atoms with E-state index in [1.165, 1.54) is 5.56 Å². The molecule has 1 saturated heterocycles. The van der Waals surface area contributed by atoms with Gasteiger partial charge in [0.15, 0.2) is 0 Å². The summed E-state index contributed by atoms with van der Waals surface area (Å²) in [4.78, 5) is 29.3. The molecule has 158 valence electrons. The van der Waals surface area contributed by atoms with E-state index in [0.717, 1.165) is 43.1 Å². The van der Waals surface area contributed by atoms with Gasteiger partial charge in [0, 0.05) is 42.3 Å². The van der Waals surface area contributed by atoms with Gasteiger partial charge in [0.05, 0.1) is 24.5 Å². The molecule has 0 bridgehead atoms. The molecule has 2 heterocycles. The number of carbonyl (C=O) groups excluding carboxylic acids is 2. The van der Waals surface area contributed by atoms with E-state index < -0.39 is 0 Å². The van der Waals surface area contributed by atoms with E-state index in [1.807, 2.05) is 23.1 Å². The Bertz CT molecular complexity index is 866. The molecule has 2 N–H and O–H groups in total. The highest BCUT2D eigenvalue weighted by atomic mass is 32.2. The third-order valence-electron chi connectivity index (χ3n) is 5.95. The molecule has 2 aromatic carbocycles. The molecule has 6 heteroatoms. The van der Waals surface area contributed by atoms with Crippen LogP contribution in [0, 0.1) is 0 Å². The number of amides is 2. The highest BCUT2D eigenvalue weighted by Crippen LogP contribution is 2.34. The molecule has 4 rings (SSSR count). The molecule has 2 aliphatic heterocycles. The third-order valence-corrected chi connectivity index (χ3v) is 7.00. The van der Waals surface area contributed by atoms with E-state index in [9.17, 15) is 9.59 Å². The van der Waals surface area contributed by atoms with Crippen molar-refractivity contribution < 1.29 is 14.5 Å². The zero-order valence-electron chi connectivity index (χ0n) is 17.3. The van der Waals surface area contributed by atoms with Crippen molar-refractivity contribution in [3.63, 3.8) is 0 Å². The van der Waals surface area contributed by atoms with E-state index in [0.29, 0.717) is 25.1 Å². The summed E-state index contributed by atoms with van der Waals surface area (Å²) < 4.78 is 0. The van der Waals surface area contributed by atoms with Crippen molar-refractivity contribution in [3.05, 3.63) is 60.2 Å². The number of quaternary nitrogens is 1. The summed E-state index contributed by atoms with van der Waals surface area (Å²) in [5.74, 6) is 0.721. The summed E-state index contributed by atoms with van der Waals surface area (Å²) in [6.45, 7) is 3.85. The van der Waals surface area contributed by atoms with E-state index in [1.54, 1.807) is 16.7 Å². The molecule has 30 heavy (non-hydrogen) atoms. The van der Waals surface area contributed by atoms with Crippen LogP contribution in [0.5, 0.6) is 0 Å². The fraction of sp³-hybridized carbons (Fsp3) is 0.417. The molecule has 0 unspecified atom stereocenters. The normalized spacial score (nSPS) is 21.2. The molecule has 2 aromatic rings. The maximum absolute atomic E-state index is 12.4. The van der Waals surface area contributed by atoms with Crippen LogP contribution in [-0.4, -0.2) is 43.2 Å². The Morgan fingerprint density at radius 1 is 1.07 bits per heavy atom. The van der Waals surface area contributed by atoms with Crippen LogP contribution in [0.15, 0.2) is 59.5 Å². The largest absolute Gasteiger partial charge is 0.353 e. The predicted molar refractivity (Wildman–Crippen MR) is 121 cm³/mol. The number of nitrogens with one attached hydrogen (secondary N) is 2. The van der Waals surface area contributed by atoms with E-state index in [2.05, 4.69) is 41.7 Å². The molecular weight excluding hydrogens is 394 g/mol. The van der Waals surface area contributed by atoms with Gasteiger partial charge in [-0.15, -0.1) is 11.8 Å². The summed E-state index contributed by atoms with van der Waals surface area (Å²) in [6.07, 6.45) is 3.22. The van der Waals surface area contributed by atoms with Crippen LogP contribution in [0.1, 0.15) is 31.2 Å². The summed E-state index contributed by atoms with van der Waals surface area (Å²) in [5, 5.41) is 3.21. The predicted octanol–water partition coefficient (Wildman–Crippen LogP) is 2.27. The number of fused-ring (bicyclic) bond motifs is 1. The van der Waals surface area contributed by atoms with Crippen LogP contribution in [0.3, 0.4) is 0 Å². The van der Waals surface area contributed by atoms with Crippen LogP contribution in [0.4, 0.5) is 5.69 Å². The molecule has 5 nitrogen and oxygen atoms in total. The minimum Gasteiger partial charge on any atom is -0.353 e. The molecule has 0 aromatic heterocycles. The average Bonchev–Trinajstić information content (AvgIpc) is 2.77. The fourth-order valence-corrected chi connectivity index (χ4v) is 5.26. The highest BCUT2D eigenvalue weighted by Gasteiger charge is 2.25. The Hall–Kier alpha value is -2.31. The first-order valence-electron chi connectivity index (χ1n) is 10.9. The second-order valence-corrected chi connectivity index (χ2v) is 9.18. The molecule has 0 aliphatic carbocycles. The Morgan fingerprint density at radius 3 is 2.60 bits per heavy atom. The molecule has 0 atom stereocenters. The molecule has 0 saturated carbocycles. The van der Waals surface area contributed by atoms with Gasteiger partial charge in [0.1, 0.15) is 6.54 Å². The van der Waals surface area contributed by atoms with E-state index >= 15 is 0 Å². The molecule has 2 aliphatic rings. The van der Waals surface area contributed by atoms with Gasteiger partial charge in [-0.2, -0.15) is 0 Å². The van der Waals surface area contributed by atoms with Crippen LogP contribution in [0.25, 0.3) is 0 Å². The number of nitrogens with zero attached hydrogens (tertiary/aromatic N) is 1. The highest BCUT2D eigenvalue weighted by molar-refractivity contribution is 8.00. The topological polar surface area (TPSA) is 53.9 Å². The third kappa shape index (κ3) is 5.43. The molecule has 0 spiro atoms. The molecule has 0 radical (unpaired) electrons. The van der Waals surface area contributed by atoms with Crippen molar-refractivity contribution in [1.82, 2.24) is 5.32 Å². The quantitative estimate of drug-likeness (QED) is 0.717. The van der Waals surface area contributed by atoms with Crippen molar-refractivity contribution in [2.45, 2.75) is 43.2 Å². The standard InChI is InChI=1S/C24H29N3O2S/c28-23(11-6-14-27-21-9-4-5-10-22(21)30-18-24(27)29)25-20-12-15-26(16-13-20)17-19-7-2-1-3-8-19/h1-5,7-10,20H,6,11-18H2,(H,25,28)/p+1. The maximum atomic E-state index is 12.4. The Kier molecular flexibility index (Phi) is 7.07. The number of piperidine rings is 1. The summed E-state index contributed by atoms with van der Waals surface area (Å²) in [5.41, 5.74) is 2.36. The van der Waals surface area contributed by atoms with Crippen LogP contribution in [0.2, 0.25) is 0 Å². The van der Waals surface area contributed by atoms with Crippen molar-refractivity contribution in [1.29, 1.82) is 0 Å². The van der Waals surface area contributed by atoms with E-state index in [-0.39, 0.29) is 17.9 Å². The van der Waals surface area contributed by atoms with Crippen LogP contribution >= 0.6 is 11.8 Å². The fourth-order valence-electron chi connectivity index (χ4n) is 4.33. The van der Waals surface area contributed by atoms with Gasteiger partial charge in [-0.1, -0.05) is 42.5 Å². The number of thioether (sulfide) groups is 1. The number of para-hydroxylation sites is 1. The zero-order chi connectivity index (χ0) is 20.8. The first-order valence-corrected chi connectivity index (χ1v) is 11.9.